The third-order valence-corrected chi connectivity index (χ3v) is 9.22. The Hall–Kier alpha value is -5.39. The van der Waals surface area contributed by atoms with Crippen LogP contribution in [0.15, 0.2) is 119 Å². The van der Waals surface area contributed by atoms with Crippen LogP contribution in [0.5, 0.6) is 11.5 Å². The zero-order valence-corrected chi connectivity index (χ0v) is 28.2. The van der Waals surface area contributed by atoms with Gasteiger partial charge >= 0.3 is 0 Å². The monoisotopic (exact) mass is 678 g/mol. The number of amides is 3. The van der Waals surface area contributed by atoms with Crippen LogP contribution < -0.4 is 25.4 Å². The summed E-state index contributed by atoms with van der Waals surface area (Å²) < 4.78 is 10.7. The molecule has 1 atom stereocenters. The fourth-order valence-corrected chi connectivity index (χ4v) is 6.37. The molecule has 3 N–H and O–H groups in total. The van der Waals surface area contributed by atoms with E-state index in [2.05, 4.69) is 20.9 Å². The summed E-state index contributed by atoms with van der Waals surface area (Å²) in [6.07, 6.45) is 2.17. The first-order valence-electron chi connectivity index (χ1n) is 15.1. The minimum atomic E-state index is -0.503. The van der Waals surface area contributed by atoms with E-state index in [0.29, 0.717) is 39.9 Å². The van der Waals surface area contributed by atoms with Crippen molar-refractivity contribution in [1.29, 1.82) is 0 Å². The van der Waals surface area contributed by atoms with Crippen molar-refractivity contribution in [1.82, 2.24) is 10.3 Å². The molecule has 0 aliphatic rings. The van der Waals surface area contributed by atoms with Crippen LogP contribution in [-0.4, -0.2) is 42.2 Å². The number of aromatic nitrogens is 1. The minimum absolute atomic E-state index is 0.0637. The van der Waals surface area contributed by atoms with Crippen LogP contribution in [0, 0.1) is 0 Å². The Balaban J connectivity index is 1.28. The summed E-state index contributed by atoms with van der Waals surface area (Å²) in [6, 6.07) is 30.6. The molecule has 0 saturated heterocycles. The van der Waals surface area contributed by atoms with Gasteiger partial charge in [-0.1, -0.05) is 55.5 Å². The van der Waals surface area contributed by atoms with Crippen molar-refractivity contribution in [2.24, 2.45) is 0 Å². The molecule has 9 nitrogen and oxygen atoms in total. The molecular formula is C37H34N4O5S2. The zero-order chi connectivity index (χ0) is 33.9. The van der Waals surface area contributed by atoms with Gasteiger partial charge in [0.15, 0.2) is 5.13 Å². The Bertz CT molecular complexity index is 1910. The summed E-state index contributed by atoms with van der Waals surface area (Å²) >= 11 is 2.73. The number of nitrogens with zero attached hydrogens (tertiary/aromatic N) is 1. The highest BCUT2D eigenvalue weighted by Crippen LogP contribution is 2.33. The smallest absolute Gasteiger partial charge is 0.272 e. The van der Waals surface area contributed by atoms with Gasteiger partial charge in [0.25, 0.3) is 11.8 Å². The first-order chi connectivity index (χ1) is 23.4. The van der Waals surface area contributed by atoms with Gasteiger partial charge in [0, 0.05) is 27.1 Å². The lowest BCUT2D eigenvalue weighted by Crippen LogP contribution is -2.30. The van der Waals surface area contributed by atoms with E-state index in [0.717, 1.165) is 16.2 Å². The molecule has 0 bridgehead atoms. The van der Waals surface area contributed by atoms with Gasteiger partial charge < -0.3 is 25.4 Å². The second kappa shape index (κ2) is 16.4. The van der Waals surface area contributed by atoms with Gasteiger partial charge in [-0.05, 0) is 72.7 Å². The molecule has 1 aromatic heterocycles. The normalized spacial score (nSPS) is 11.7. The highest BCUT2D eigenvalue weighted by atomic mass is 32.2. The van der Waals surface area contributed by atoms with Crippen LogP contribution in [-0.2, 0) is 9.59 Å². The number of carbonyl (C=O) groups excluding carboxylic acids is 3. The summed E-state index contributed by atoms with van der Waals surface area (Å²) in [5, 5.41) is 10.6. The van der Waals surface area contributed by atoms with Gasteiger partial charge in [0.1, 0.15) is 17.2 Å². The molecule has 0 fully saturated rings. The maximum Gasteiger partial charge on any atom is 0.272 e. The van der Waals surface area contributed by atoms with Crippen molar-refractivity contribution in [3.8, 4) is 22.8 Å². The van der Waals surface area contributed by atoms with E-state index in [1.165, 1.54) is 23.1 Å². The number of rotatable bonds is 13. The number of ether oxygens (including phenoxy) is 2. The maximum absolute atomic E-state index is 13.5. The quantitative estimate of drug-likeness (QED) is 0.0861. The average molecular weight is 679 g/mol. The second-order valence-corrected chi connectivity index (χ2v) is 12.5. The number of para-hydroxylation sites is 1. The first-order valence-corrected chi connectivity index (χ1v) is 16.8. The Kier molecular flexibility index (Phi) is 11.6. The van der Waals surface area contributed by atoms with Crippen LogP contribution in [0.3, 0.4) is 0 Å². The number of hydrogen-bond acceptors (Lipinski definition) is 8. The standard InChI is InChI=1S/C37H34N4O5S2/c1-4-33(36(44)41-37-40-31(23-47-37)29-15-8-9-16-32(29)46-3)48-28-14-10-13-26(22-28)38-35(43)30(21-24-17-19-27(45-2)20-18-24)39-34(42)25-11-6-5-7-12-25/h5-23,33H,4H2,1-3H3,(H,38,43)(H,39,42)(H,40,41,44)/b30-21+. The van der Waals surface area contributed by atoms with Crippen molar-refractivity contribution in [2.45, 2.75) is 23.5 Å². The molecule has 0 saturated carbocycles. The van der Waals surface area contributed by atoms with E-state index in [1.54, 1.807) is 87.0 Å². The van der Waals surface area contributed by atoms with Crippen LogP contribution in [0.2, 0.25) is 0 Å². The lowest BCUT2D eigenvalue weighted by molar-refractivity contribution is -0.116. The molecule has 4 aromatic carbocycles. The number of carbonyl (C=O) groups is 3. The fraction of sp³-hybridized carbons (Fsp3) is 0.135. The largest absolute Gasteiger partial charge is 0.497 e. The topological polar surface area (TPSA) is 119 Å². The predicted molar refractivity (Wildman–Crippen MR) is 193 cm³/mol. The second-order valence-electron chi connectivity index (χ2n) is 10.4. The van der Waals surface area contributed by atoms with Crippen molar-refractivity contribution in [3.63, 3.8) is 0 Å². The Labute approximate surface area is 287 Å². The maximum atomic E-state index is 13.5. The molecule has 5 aromatic rings. The average Bonchev–Trinajstić information content (AvgIpc) is 3.59. The van der Waals surface area contributed by atoms with Crippen LogP contribution in [0.4, 0.5) is 10.8 Å². The minimum Gasteiger partial charge on any atom is -0.497 e. The molecule has 11 heteroatoms. The lowest BCUT2D eigenvalue weighted by Gasteiger charge is -2.15. The van der Waals surface area contributed by atoms with E-state index in [4.69, 9.17) is 9.47 Å². The highest BCUT2D eigenvalue weighted by Gasteiger charge is 2.21. The van der Waals surface area contributed by atoms with Gasteiger partial charge in [0.2, 0.25) is 5.91 Å². The molecule has 1 unspecified atom stereocenters. The van der Waals surface area contributed by atoms with E-state index in [9.17, 15) is 14.4 Å². The number of benzene rings is 4. The van der Waals surface area contributed by atoms with Crippen LogP contribution in [0.1, 0.15) is 29.3 Å². The van der Waals surface area contributed by atoms with Gasteiger partial charge in [-0.2, -0.15) is 0 Å². The van der Waals surface area contributed by atoms with Crippen molar-refractivity contribution in [2.75, 3.05) is 24.9 Å². The first kappa shape index (κ1) is 34.0. The summed E-state index contributed by atoms with van der Waals surface area (Å²) in [4.78, 5) is 45.2. The van der Waals surface area contributed by atoms with Crippen molar-refractivity contribution >= 4 is 57.7 Å². The number of hydrogen-bond donors (Lipinski definition) is 3. The SMILES string of the molecule is CCC(Sc1cccc(NC(=O)/C(=C\c2ccc(OC)cc2)NC(=O)c2ccccc2)c1)C(=O)Nc1nc(-c2ccccc2OC)cs1. The van der Waals surface area contributed by atoms with Gasteiger partial charge in [-0.3, -0.25) is 14.4 Å². The predicted octanol–water partition coefficient (Wildman–Crippen LogP) is 7.75. The molecule has 0 aliphatic heterocycles. The lowest BCUT2D eigenvalue weighted by atomic mass is 10.1. The van der Waals surface area contributed by atoms with E-state index in [1.807, 2.05) is 48.7 Å². The number of anilines is 2. The summed E-state index contributed by atoms with van der Waals surface area (Å²) in [5.74, 6) is 0.283. The molecule has 48 heavy (non-hydrogen) atoms. The van der Waals surface area contributed by atoms with Crippen LogP contribution in [0.25, 0.3) is 17.3 Å². The fourth-order valence-electron chi connectivity index (χ4n) is 4.64. The highest BCUT2D eigenvalue weighted by molar-refractivity contribution is 8.00. The summed E-state index contributed by atoms with van der Waals surface area (Å²) in [6.45, 7) is 1.94. The molecule has 0 spiro atoms. The summed E-state index contributed by atoms with van der Waals surface area (Å²) in [5.41, 5.74) is 3.26. The third-order valence-electron chi connectivity index (χ3n) is 7.11. The number of nitrogens with one attached hydrogen (secondary N) is 3. The third kappa shape index (κ3) is 8.90. The summed E-state index contributed by atoms with van der Waals surface area (Å²) in [7, 11) is 3.19. The molecule has 0 radical (unpaired) electrons. The number of methoxy groups -OCH3 is 2. The van der Waals surface area contributed by atoms with Gasteiger partial charge in [-0.25, -0.2) is 4.98 Å². The van der Waals surface area contributed by atoms with E-state index >= 15 is 0 Å². The van der Waals surface area contributed by atoms with Gasteiger partial charge in [0.05, 0.1) is 25.2 Å². The Morgan fingerprint density at radius 2 is 1.62 bits per heavy atom. The van der Waals surface area contributed by atoms with E-state index < -0.39 is 17.1 Å². The molecule has 1 heterocycles. The van der Waals surface area contributed by atoms with Crippen molar-refractivity contribution in [3.05, 3.63) is 125 Å². The Morgan fingerprint density at radius 1 is 0.875 bits per heavy atom. The van der Waals surface area contributed by atoms with Crippen LogP contribution >= 0.6 is 23.1 Å². The van der Waals surface area contributed by atoms with Gasteiger partial charge in [-0.15, -0.1) is 23.1 Å². The Morgan fingerprint density at radius 3 is 2.35 bits per heavy atom. The van der Waals surface area contributed by atoms with E-state index in [-0.39, 0.29) is 11.6 Å². The number of thiazole rings is 1. The molecule has 5 rings (SSSR count). The van der Waals surface area contributed by atoms with Crippen molar-refractivity contribution < 1.29 is 23.9 Å². The molecular weight excluding hydrogens is 645 g/mol. The zero-order valence-electron chi connectivity index (χ0n) is 26.6. The molecule has 3 amide bonds. The number of thioether (sulfide) groups is 1. The molecule has 0 aliphatic carbocycles. The molecule has 244 valence electrons.